The van der Waals surface area contributed by atoms with Gasteiger partial charge in [-0.05, 0) is 139 Å². The predicted octanol–water partition coefficient (Wildman–Crippen LogP) is 14.4. The van der Waals surface area contributed by atoms with Crippen molar-refractivity contribution in [3.8, 4) is 0 Å². The van der Waals surface area contributed by atoms with E-state index in [2.05, 4.69) is 61.6 Å². The molecule has 2 aromatic heterocycles. The first-order valence-electron chi connectivity index (χ1n) is 28.2. The number of hydrogen-bond acceptors (Lipinski definition) is 14. The van der Waals surface area contributed by atoms with Gasteiger partial charge >= 0.3 is 11.9 Å². The number of hydrogen-bond donors (Lipinski definition) is 2. The molecule has 2 aliphatic heterocycles. The van der Waals surface area contributed by atoms with E-state index < -0.39 is 6.04 Å². The second kappa shape index (κ2) is 29.5. The number of halogens is 4. The number of thioether (sulfide) groups is 2. The van der Waals surface area contributed by atoms with Crippen LogP contribution in [0, 0.1) is 6.92 Å². The minimum Gasteiger partial charge on any atom is -0.466 e. The second-order valence-electron chi connectivity index (χ2n) is 19.9. The fourth-order valence-corrected chi connectivity index (χ4v) is 15.1. The molecule has 0 aliphatic carbocycles. The maximum atomic E-state index is 13.4. The maximum absolute atomic E-state index is 13.4. The number of thiazole rings is 2. The van der Waals surface area contributed by atoms with Gasteiger partial charge in [0.25, 0.3) is 10.0 Å². The number of rotatable bonds is 21. The summed E-state index contributed by atoms with van der Waals surface area (Å²) >= 11 is 32.1. The Morgan fingerprint density at radius 1 is 0.593 bits per heavy atom. The number of aromatic nitrogens is 2. The molecule has 6 aromatic carbocycles. The van der Waals surface area contributed by atoms with Crippen LogP contribution in [0.3, 0.4) is 0 Å². The largest absolute Gasteiger partial charge is 0.466 e. The Labute approximate surface area is 538 Å². The van der Waals surface area contributed by atoms with Crippen molar-refractivity contribution in [2.45, 2.75) is 84.1 Å². The Kier molecular flexibility index (Phi) is 21.9. The molecule has 448 valence electrons. The van der Waals surface area contributed by atoms with Crippen LogP contribution < -0.4 is 39.4 Å². The summed E-state index contributed by atoms with van der Waals surface area (Å²) in [5, 5.41) is 13.0. The Morgan fingerprint density at radius 3 is 1.53 bits per heavy atom. The number of carbonyl (C=O) groups is 4. The van der Waals surface area contributed by atoms with Crippen LogP contribution in [0.15, 0.2) is 141 Å². The van der Waals surface area contributed by atoms with Crippen molar-refractivity contribution in [2.24, 2.45) is 0 Å². The zero-order valence-electron chi connectivity index (χ0n) is 48.6. The van der Waals surface area contributed by atoms with Crippen LogP contribution in [0.1, 0.15) is 62.7 Å². The summed E-state index contributed by atoms with van der Waals surface area (Å²) in [6, 6.07) is 38.3. The molecular formula is C64H66Cl4N8O6S4+2. The normalized spacial score (nSPS) is 13.8. The highest BCUT2D eigenvalue weighted by molar-refractivity contribution is 8.04. The summed E-state index contributed by atoms with van der Waals surface area (Å²) in [4.78, 5) is 61.7. The molecule has 8 aromatic rings. The van der Waals surface area contributed by atoms with E-state index in [1.54, 1.807) is 71.9 Å². The van der Waals surface area contributed by atoms with Crippen molar-refractivity contribution in [1.29, 1.82) is 0 Å². The van der Waals surface area contributed by atoms with Crippen molar-refractivity contribution in [3.63, 3.8) is 0 Å². The van der Waals surface area contributed by atoms with Crippen LogP contribution >= 0.6 is 92.6 Å². The lowest BCUT2D eigenvalue weighted by Crippen LogP contribution is -2.50. The van der Waals surface area contributed by atoms with E-state index in [0.717, 1.165) is 97.3 Å². The molecule has 0 fully saturated rings. The lowest BCUT2D eigenvalue weighted by molar-refractivity contribution is -0.672. The van der Waals surface area contributed by atoms with Crippen LogP contribution in [0.5, 0.6) is 0 Å². The third-order valence-corrected chi connectivity index (χ3v) is 19.6. The van der Waals surface area contributed by atoms with Crippen LogP contribution in [0.4, 0.5) is 22.7 Å². The Morgan fingerprint density at radius 2 is 1.06 bits per heavy atom. The fourth-order valence-electron chi connectivity index (χ4n) is 9.86. The standard InChI is InChI=1S/2C32H32Cl2N4O3S2/c1-5-36-25-15-22(33)9-13-27(25)42-30(36)17-31-38(26-16-23(34)10-14-28(26)43-31)19-35-29(39)18-37(21(4)32(40)41-6-2)24-11-7-20(3)8-12-24;1-4-36(24-11-7-21(8-12-24)15-32(40)41-6-3)19-29(39)35-20-38-26-17-23(34)10-14-28(26)43-31(38)18-30-37(5-2)25-16-22(33)9-13-27(25)42-30/h7-17,21H,5-6,18-19H2,1-4H3;7-14,16-18H,4-6,15,19-20H2,1-3H3/p+2. The summed E-state index contributed by atoms with van der Waals surface area (Å²) in [6.07, 6.45) is 4.54. The fraction of sp³-hybridized carbons (Fsp3) is 0.281. The molecule has 14 nitrogen and oxygen atoms in total. The smallest absolute Gasteiger partial charge is 0.328 e. The zero-order valence-corrected chi connectivity index (χ0v) is 54.9. The van der Waals surface area contributed by atoms with Gasteiger partial charge in [0.05, 0.1) is 66.3 Å². The van der Waals surface area contributed by atoms with E-state index in [1.807, 2.05) is 134 Å². The summed E-state index contributed by atoms with van der Waals surface area (Å²) in [6.45, 7) is 17.1. The van der Waals surface area contributed by atoms with Crippen molar-refractivity contribution in [2.75, 3.05) is 65.5 Å². The first-order chi connectivity index (χ1) is 41.5. The quantitative estimate of drug-likeness (QED) is 0.0524. The number of esters is 2. The van der Waals surface area contributed by atoms with Crippen LogP contribution in [0.25, 0.3) is 32.6 Å². The molecule has 4 heterocycles. The summed E-state index contributed by atoms with van der Waals surface area (Å²) in [5.74, 6) is -0.955. The number of carbonyl (C=O) groups excluding carboxylic acids is 4. The van der Waals surface area contributed by atoms with Gasteiger partial charge in [-0.3, -0.25) is 25.0 Å². The lowest BCUT2D eigenvalue weighted by Gasteiger charge is -2.29. The maximum Gasteiger partial charge on any atom is 0.328 e. The molecule has 0 saturated carbocycles. The molecule has 2 amide bonds. The summed E-state index contributed by atoms with van der Waals surface area (Å²) in [7, 11) is 0. The van der Waals surface area contributed by atoms with E-state index >= 15 is 0 Å². The first-order valence-corrected chi connectivity index (χ1v) is 32.9. The van der Waals surface area contributed by atoms with Gasteiger partial charge in [-0.25, -0.2) is 4.79 Å². The zero-order chi connectivity index (χ0) is 61.2. The minimum absolute atomic E-state index is 0.0155. The average molecular weight is 1310 g/mol. The van der Waals surface area contributed by atoms with Gasteiger partial charge in [0, 0.05) is 73.0 Å². The molecule has 0 spiro atoms. The number of fused-ring (bicyclic) bond motifs is 4. The van der Waals surface area contributed by atoms with E-state index in [-0.39, 0.29) is 56.5 Å². The molecule has 1 unspecified atom stereocenters. The lowest BCUT2D eigenvalue weighted by atomic mass is 10.1. The summed E-state index contributed by atoms with van der Waals surface area (Å²) < 4.78 is 16.6. The molecule has 0 saturated heterocycles. The van der Waals surface area contributed by atoms with Gasteiger partial charge in [-0.15, -0.1) is 0 Å². The number of aryl methyl sites for hydroxylation is 1. The molecule has 10 rings (SSSR count). The average Bonchev–Trinajstić information content (AvgIpc) is 1.93. The number of amides is 2. The molecule has 0 bridgehead atoms. The number of anilines is 4. The molecule has 2 aliphatic rings. The monoisotopic (exact) mass is 1310 g/mol. The number of nitrogens with one attached hydrogen (secondary N) is 2. The number of nitrogens with zero attached hydrogens (tertiary/aromatic N) is 6. The van der Waals surface area contributed by atoms with E-state index in [1.165, 1.54) is 0 Å². The van der Waals surface area contributed by atoms with Crippen molar-refractivity contribution in [1.82, 2.24) is 10.6 Å². The highest BCUT2D eigenvalue weighted by Gasteiger charge is 2.31. The van der Waals surface area contributed by atoms with E-state index in [4.69, 9.17) is 55.9 Å². The van der Waals surface area contributed by atoms with Crippen molar-refractivity contribution in [3.05, 3.63) is 173 Å². The third kappa shape index (κ3) is 15.4. The SMILES string of the molecule is CCOC(=O)C(C)N(CC(=O)NC[n+]1c(/C=C2\Sc3ccc(Cl)cc3N2CC)sc2ccc(Cl)cc21)c1ccc(C)cc1.CCOC(=O)Cc1ccc(N(CC)CC(=O)NC[n+]2c(/C=C3\Sc4ccc(Cl)cc4N3CC)sc3ccc(Cl)cc32)cc1. The Balaban J connectivity index is 0.000000205. The topological polar surface area (TPSA) is 132 Å². The van der Waals surface area contributed by atoms with Crippen molar-refractivity contribution < 1.29 is 37.8 Å². The van der Waals surface area contributed by atoms with Crippen LogP contribution in [0.2, 0.25) is 20.1 Å². The molecule has 86 heavy (non-hydrogen) atoms. The minimum atomic E-state index is -0.642. The van der Waals surface area contributed by atoms with Gasteiger partial charge < -0.3 is 29.1 Å². The molecule has 2 N–H and O–H groups in total. The van der Waals surface area contributed by atoms with Gasteiger partial charge in [0.1, 0.15) is 15.4 Å². The van der Waals surface area contributed by atoms with Gasteiger partial charge in [-0.2, -0.15) is 9.13 Å². The van der Waals surface area contributed by atoms with E-state index in [0.29, 0.717) is 39.9 Å². The van der Waals surface area contributed by atoms with Gasteiger partial charge in [-0.1, -0.05) is 122 Å². The second-order valence-corrected chi connectivity index (χ2v) is 25.9. The third-order valence-electron chi connectivity index (χ3n) is 14.2. The van der Waals surface area contributed by atoms with E-state index in [9.17, 15) is 19.2 Å². The van der Waals surface area contributed by atoms with Crippen LogP contribution in [-0.4, -0.2) is 75.7 Å². The first kappa shape index (κ1) is 64.0. The highest BCUT2D eigenvalue weighted by atomic mass is 35.5. The number of ether oxygens (including phenoxy) is 2. The van der Waals surface area contributed by atoms with Crippen molar-refractivity contribution >= 4 is 172 Å². The highest BCUT2D eigenvalue weighted by Crippen LogP contribution is 2.49. The number of likely N-dealkylation sites (N-methyl/N-ethyl adjacent to an activating group) is 1. The molecule has 0 radical (unpaired) electrons. The molecule has 22 heteroatoms. The summed E-state index contributed by atoms with van der Waals surface area (Å²) in [5.41, 5.74) is 7.71. The van der Waals surface area contributed by atoms with Gasteiger partial charge in [0.15, 0.2) is 0 Å². The molecule has 1 atom stereocenters. The Hall–Kier alpha value is -6.48. The molecular weight excluding hydrogens is 1250 g/mol. The predicted molar refractivity (Wildman–Crippen MR) is 356 cm³/mol. The number of benzene rings is 6. The van der Waals surface area contributed by atoms with Crippen LogP contribution in [-0.2, 0) is 48.4 Å². The van der Waals surface area contributed by atoms with Gasteiger partial charge in [0.2, 0.25) is 36.2 Å². The Bertz CT molecular complexity index is 3860.